The van der Waals surface area contributed by atoms with Gasteiger partial charge in [0, 0.05) is 5.54 Å². The van der Waals surface area contributed by atoms with Crippen LogP contribution in [-0.4, -0.2) is 40.3 Å². The fourth-order valence-corrected chi connectivity index (χ4v) is 4.59. The van der Waals surface area contributed by atoms with Crippen molar-refractivity contribution in [2.75, 3.05) is 35.4 Å². The van der Waals surface area contributed by atoms with E-state index in [1.54, 1.807) is 21.3 Å². The Morgan fingerprint density at radius 3 is 2.04 bits per heavy atom. The van der Waals surface area contributed by atoms with Crippen molar-refractivity contribution in [3.8, 4) is 17.2 Å². The van der Waals surface area contributed by atoms with Gasteiger partial charge in [-0.2, -0.15) is 0 Å². The second-order valence-electron chi connectivity index (χ2n) is 7.91. The van der Waals surface area contributed by atoms with Crippen LogP contribution in [0, 0.1) is 5.92 Å². The molecule has 152 valence electrons. The molecule has 4 heteroatoms. The van der Waals surface area contributed by atoms with Crippen molar-refractivity contribution in [2.45, 2.75) is 37.6 Å². The SMILES string of the molecule is CCC(CC1CC1c1ccccc1)(c1cc(OC)c(OC)c(OC)c1)N(C)C. The van der Waals surface area contributed by atoms with Gasteiger partial charge in [-0.25, -0.2) is 0 Å². The summed E-state index contributed by atoms with van der Waals surface area (Å²) in [5, 5.41) is 0. The highest BCUT2D eigenvalue weighted by atomic mass is 16.5. The van der Waals surface area contributed by atoms with E-state index < -0.39 is 0 Å². The summed E-state index contributed by atoms with van der Waals surface area (Å²) in [4.78, 5) is 2.36. The summed E-state index contributed by atoms with van der Waals surface area (Å²) in [6.45, 7) is 2.27. The van der Waals surface area contributed by atoms with Crippen molar-refractivity contribution in [3.05, 3.63) is 53.6 Å². The zero-order valence-electron chi connectivity index (χ0n) is 18.0. The van der Waals surface area contributed by atoms with Crippen LogP contribution in [0.3, 0.4) is 0 Å². The van der Waals surface area contributed by atoms with E-state index in [1.165, 1.54) is 17.5 Å². The molecule has 3 rings (SSSR count). The van der Waals surface area contributed by atoms with Crippen LogP contribution >= 0.6 is 0 Å². The van der Waals surface area contributed by atoms with Crippen molar-refractivity contribution in [1.82, 2.24) is 4.90 Å². The predicted molar refractivity (Wildman–Crippen MR) is 114 cm³/mol. The zero-order chi connectivity index (χ0) is 20.3. The van der Waals surface area contributed by atoms with E-state index in [9.17, 15) is 0 Å². The Labute approximate surface area is 169 Å². The molecule has 28 heavy (non-hydrogen) atoms. The van der Waals surface area contributed by atoms with Gasteiger partial charge in [0.25, 0.3) is 0 Å². The lowest BCUT2D eigenvalue weighted by Crippen LogP contribution is -2.41. The Balaban J connectivity index is 1.96. The third kappa shape index (κ3) is 3.70. The van der Waals surface area contributed by atoms with Crippen molar-refractivity contribution >= 4 is 0 Å². The fraction of sp³-hybridized carbons (Fsp3) is 0.500. The molecule has 0 amide bonds. The normalized spacial score (nSPS) is 20.5. The topological polar surface area (TPSA) is 30.9 Å². The lowest BCUT2D eigenvalue weighted by atomic mass is 9.80. The molecule has 0 aromatic heterocycles. The summed E-state index contributed by atoms with van der Waals surface area (Å²) < 4.78 is 16.8. The number of nitrogens with zero attached hydrogens (tertiary/aromatic N) is 1. The highest BCUT2D eigenvalue weighted by Gasteiger charge is 2.46. The van der Waals surface area contributed by atoms with Crippen molar-refractivity contribution in [2.24, 2.45) is 5.92 Å². The molecule has 0 aliphatic heterocycles. The minimum absolute atomic E-state index is 0.0823. The largest absolute Gasteiger partial charge is 0.493 e. The molecule has 3 atom stereocenters. The molecular formula is C24H33NO3. The molecule has 1 aliphatic rings. The monoisotopic (exact) mass is 383 g/mol. The van der Waals surface area contributed by atoms with E-state index in [4.69, 9.17) is 14.2 Å². The lowest BCUT2D eigenvalue weighted by molar-refractivity contribution is 0.122. The maximum absolute atomic E-state index is 5.63. The van der Waals surface area contributed by atoms with E-state index in [-0.39, 0.29) is 5.54 Å². The molecule has 1 saturated carbocycles. The van der Waals surface area contributed by atoms with Crippen LogP contribution in [0.2, 0.25) is 0 Å². The standard InChI is InChI=1S/C24H33NO3/c1-7-24(25(2)3,16-18-13-20(18)17-11-9-8-10-12-17)19-14-21(26-4)23(28-6)22(15-19)27-5/h8-12,14-15,18,20H,7,13,16H2,1-6H3. The average Bonchev–Trinajstić information content (AvgIpc) is 3.50. The molecule has 0 bridgehead atoms. The van der Waals surface area contributed by atoms with Crippen LogP contribution in [0.1, 0.15) is 43.2 Å². The second-order valence-corrected chi connectivity index (χ2v) is 7.91. The zero-order valence-corrected chi connectivity index (χ0v) is 18.0. The highest BCUT2D eigenvalue weighted by molar-refractivity contribution is 5.55. The molecule has 0 N–H and O–H groups in total. The number of hydrogen-bond donors (Lipinski definition) is 0. The summed E-state index contributed by atoms with van der Waals surface area (Å²) in [6, 6.07) is 15.1. The molecule has 0 spiro atoms. The third-order valence-electron chi connectivity index (χ3n) is 6.39. The number of methoxy groups -OCH3 is 3. The summed E-state index contributed by atoms with van der Waals surface area (Å²) in [7, 11) is 9.35. The molecule has 3 unspecified atom stereocenters. The van der Waals surface area contributed by atoms with Crippen molar-refractivity contribution in [1.29, 1.82) is 0 Å². The van der Waals surface area contributed by atoms with Crippen molar-refractivity contribution < 1.29 is 14.2 Å². The van der Waals surface area contributed by atoms with E-state index in [0.717, 1.165) is 12.8 Å². The maximum atomic E-state index is 5.63. The number of rotatable bonds is 9. The minimum Gasteiger partial charge on any atom is -0.493 e. The summed E-state index contributed by atoms with van der Waals surface area (Å²) >= 11 is 0. The van der Waals surface area contributed by atoms with Gasteiger partial charge in [-0.3, -0.25) is 4.90 Å². The molecule has 0 radical (unpaired) electrons. The van der Waals surface area contributed by atoms with Crippen LogP contribution in [-0.2, 0) is 5.54 Å². The van der Waals surface area contributed by atoms with Gasteiger partial charge < -0.3 is 14.2 Å². The summed E-state index contributed by atoms with van der Waals surface area (Å²) in [5.41, 5.74) is 2.59. The summed E-state index contributed by atoms with van der Waals surface area (Å²) in [6.07, 6.45) is 3.37. The van der Waals surface area contributed by atoms with Crippen LogP contribution in [0.25, 0.3) is 0 Å². The van der Waals surface area contributed by atoms with Gasteiger partial charge in [0.05, 0.1) is 21.3 Å². The highest BCUT2D eigenvalue weighted by Crippen LogP contribution is 2.55. The lowest BCUT2D eigenvalue weighted by Gasteiger charge is -2.41. The fourth-order valence-electron chi connectivity index (χ4n) is 4.59. The molecular weight excluding hydrogens is 350 g/mol. The first-order chi connectivity index (χ1) is 13.5. The van der Waals surface area contributed by atoms with Crippen LogP contribution in [0.4, 0.5) is 0 Å². The van der Waals surface area contributed by atoms with Crippen LogP contribution in [0.5, 0.6) is 17.2 Å². The molecule has 0 saturated heterocycles. The Hall–Kier alpha value is -2.20. The minimum atomic E-state index is -0.0823. The smallest absolute Gasteiger partial charge is 0.203 e. The van der Waals surface area contributed by atoms with Crippen molar-refractivity contribution in [3.63, 3.8) is 0 Å². The van der Waals surface area contributed by atoms with Gasteiger partial charge in [-0.1, -0.05) is 37.3 Å². The van der Waals surface area contributed by atoms with Gasteiger partial charge in [0.15, 0.2) is 11.5 Å². The first-order valence-corrected chi connectivity index (χ1v) is 10.0. The molecule has 2 aromatic rings. The van der Waals surface area contributed by atoms with E-state index in [2.05, 4.69) is 68.4 Å². The molecule has 4 nitrogen and oxygen atoms in total. The summed E-state index contributed by atoms with van der Waals surface area (Å²) in [5.74, 6) is 3.42. The Kier molecular flexibility index (Phi) is 6.19. The van der Waals surface area contributed by atoms with Gasteiger partial charge in [0.1, 0.15) is 0 Å². The second kappa shape index (κ2) is 8.44. The molecule has 1 aliphatic carbocycles. The molecule has 2 aromatic carbocycles. The molecule has 1 fully saturated rings. The van der Waals surface area contributed by atoms with E-state index in [0.29, 0.717) is 29.1 Å². The maximum Gasteiger partial charge on any atom is 0.203 e. The quantitative estimate of drug-likeness (QED) is 0.605. The molecule has 0 heterocycles. The van der Waals surface area contributed by atoms with E-state index >= 15 is 0 Å². The predicted octanol–water partition coefficient (Wildman–Crippen LogP) is 5.07. The third-order valence-corrected chi connectivity index (χ3v) is 6.39. The van der Waals surface area contributed by atoms with Crippen LogP contribution in [0.15, 0.2) is 42.5 Å². The Bertz CT molecular complexity index is 765. The Morgan fingerprint density at radius 2 is 1.57 bits per heavy atom. The first kappa shape index (κ1) is 20.5. The average molecular weight is 384 g/mol. The van der Waals surface area contributed by atoms with Gasteiger partial charge in [-0.05, 0) is 68.5 Å². The number of benzene rings is 2. The van der Waals surface area contributed by atoms with Crippen LogP contribution < -0.4 is 14.2 Å². The number of hydrogen-bond acceptors (Lipinski definition) is 4. The van der Waals surface area contributed by atoms with E-state index in [1.807, 2.05) is 0 Å². The Morgan fingerprint density at radius 1 is 0.964 bits per heavy atom. The first-order valence-electron chi connectivity index (χ1n) is 10.0. The van der Waals surface area contributed by atoms with Gasteiger partial charge >= 0.3 is 0 Å². The van der Waals surface area contributed by atoms with Gasteiger partial charge in [0.2, 0.25) is 5.75 Å². The van der Waals surface area contributed by atoms with Gasteiger partial charge in [-0.15, -0.1) is 0 Å². The number of ether oxygens (including phenoxy) is 3.